The summed E-state index contributed by atoms with van der Waals surface area (Å²) in [6.45, 7) is 0.711. The second-order valence-electron chi connectivity index (χ2n) is 3.99. The highest BCUT2D eigenvalue weighted by Crippen LogP contribution is 2.31. The lowest BCUT2D eigenvalue weighted by molar-refractivity contribution is 0.474. The molecule has 0 saturated heterocycles. The van der Waals surface area contributed by atoms with Gasteiger partial charge in [0.05, 0.1) is 0 Å². The largest absolute Gasteiger partial charge is 0.457 e. The summed E-state index contributed by atoms with van der Waals surface area (Å²) in [5.41, 5.74) is 1.05. The zero-order chi connectivity index (χ0) is 13.8. The molecule has 2 rings (SSSR count). The minimum Gasteiger partial charge on any atom is -0.457 e. The van der Waals surface area contributed by atoms with Crippen LogP contribution in [0.1, 0.15) is 5.56 Å². The first kappa shape index (κ1) is 14.7. The summed E-state index contributed by atoms with van der Waals surface area (Å²) in [5.74, 6) is 1.40. The van der Waals surface area contributed by atoms with E-state index in [-0.39, 0.29) is 0 Å². The van der Waals surface area contributed by atoms with Crippen molar-refractivity contribution in [3.05, 3.63) is 56.5 Å². The van der Waals surface area contributed by atoms with E-state index >= 15 is 0 Å². The van der Waals surface area contributed by atoms with Crippen molar-refractivity contribution < 1.29 is 4.74 Å². The van der Waals surface area contributed by atoms with Gasteiger partial charge in [0.2, 0.25) is 0 Å². The van der Waals surface area contributed by atoms with Crippen molar-refractivity contribution >= 4 is 39.1 Å². The van der Waals surface area contributed by atoms with Gasteiger partial charge >= 0.3 is 0 Å². The normalized spacial score (nSPS) is 10.5. The Bertz CT molecular complexity index is 569. The smallest absolute Gasteiger partial charge is 0.131 e. The zero-order valence-electron chi connectivity index (χ0n) is 10.2. The molecular weight excluding hydrogens is 349 g/mol. The average molecular weight is 361 g/mol. The Morgan fingerprint density at radius 3 is 2.42 bits per heavy atom. The maximum Gasteiger partial charge on any atom is 0.131 e. The monoisotopic (exact) mass is 359 g/mol. The van der Waals surface area contributed by atoms with E-state index in [4.69, 9.17) is 27.9 Å². The molecule has 100 valence electrons. The Morgan fingerprint density at radius 2 is 1.79 bits per heavy atom. The van der Waals surface area contributed by atoms with Gasteiger partial charge in [-0.25, -0.2) is 0 Å². The Labute approximate surface area is 130 Å². The molecule has 0 aliphatic rings. The minimum absolute atomic E-state index is 0.551. The lowest BCUT2D eigenvalue weighted by Gasteiger charge is -2.12. The predicted octanol–water partition coefficient (Wildman–Crippen LogP) is 5.27. The standard InChI is InChI=1S/C14H12BrCl2NO/c1-18-8-9-4-10(15)2-3-14(9)19-13-6-11(16)5-12(17)7-13/h2-7,18H,8H2,1H3. The van der Waals surface area contributed by atoms with Crippen LogP contribution in [0.3, 0.4) is 0 Å². The van der Waals surface area contributed by atoms with Gasteiger partial charge in [0, 0.05) is 26.6 Å². The molecule has 0 aliphatic carbocycles. The SMILES string of the molecule is CNCc1cc(Br)ccc1Oc1cc(Cl)cc(Cl)c1. The van der Waals surface area contributed by atoms with Gasteiger partial charge in [-0.2, -0.15) is 0 Å². The van der Waals surface area contributed by atoms with Gasteiger partial charge in [0.15, 0.2) is 0 Å². The zero-order valence-corrected chi connectivity index (χ0v) is 13.3. The second kappa shape index (κ2) is 6.62. The molecule has 0 amide bonds. The fourth-order valence-electron chi connectivity index (χ4n) is 1.69. The van der Waals surface area contributed by atoms with Gasteiger partial charge in [-0.05, 0) is 43.4 Å². The molecule has 0 unspecified atom stereocenters. The lowest BCUT2D eigenvalue weighted by atomic mass is 10.2. The van der Waals surface area contributed by atoms with Gasteiger partial charge in [0.25, 0.3) is 0 Å². The van der Waals surface area contributed by atoms with Crippen LogP contribution in [0.5, 0.6) is 11.5 Å². The van der Waals surface area contributed by atoms with E-state index < -0.39 is 0 Å². The van der Waals surface area contributed by atoms with Crippen LogP contribution in [-0.4, -0.2) is 7.05 Å². The average Bonchev–Trinajstić information content (AvgIpc) is 2.32. The summed E-state index contributed by atoms with van der Waals surface area (Å²) in [4.78, 5) is 0. The molecule has 2 nitrogen and oxygen atoms in total. The molecule has 0 saturated carbocycles. The van der Waals surface area contributed by atoms with Crippen LogP contribution in [0, 0.1) is 0 Å². The summed E-state index contributed by atoms with van der Waals surface area (Å²) >= 11 is 15.4. The summed E-state index contributed by atoms with van der Waals surface area (Å²) in [5, 5.41) is 4.21. The lowest BCUT2D eigenvalue weighted by Crippen LogP contribution is -2.06. The molecular formula is C14H12BrCl2NO. The Balaban J connectivity index is 2.31. The fraction of sp³-hybridized carbons (Fsp3) is 0.143. The van der Waals surface area contributed by atoms with Crippen LogP contribution < -0.4 is 10.1 Å². The van der Waals surface area contributed by atoms with Crippen molar-refractivity contribution in [2.24, 2.45) is 0 Å². The van der Waals surface area contributed by atoms with E-state index in [9.17, 15) is 0 Å². The number of hydrogen-bond acceptors (Lipinski definition) is 2. The molecule has 1 N–H and O–H groups in total. The van der Waals surface area contributed by atoms with Crippen molar-refractivity contribution in [2.45, 2.75) is 6.54 Å². The summed E-state index contributed by atoms with van der Waals surface area (Å²) in [7, 11) is 1.89. The van der Waals surface area contributed by atoms with Crippen LogP contribution in [0.25, 0.3) is 0 Å². The molecule has 19 heavy (non-hydrogen) atoms. The molecule has 0 aromatic heterocycles. The summed E-state index contributed by atoms with van der Waals surface area (Å²) in [6, 6.07) is 11.0. The molecule has 0 aliphatic heterocycles. The van der Waals surface area contributed by atoms with Crippen molar-refractivity contribution in [1.82, 2.24) is 5.32 Å². The number of ether oxygens (including phenoxy) is 1. The van der Waals surface area contributed by atoms with Gasteiger partial charge in [-0.15, -0.1) is 0 Å². The second-order valence-corrected chi connectivity index (χ2v) is 5.78. The van der Waals surface area contributed by atoms with Crippen LogP contribution in [0.15, 0.2) is 40.9 Å². The van der Waals surface area contributed by atoms with Crippen molar-refractivity contribution in [2.75, 3.05) is 7.05 Å². The van der Waals surface area contributed by atoms with E-state index in [0.717, 1.165) is 15.8 Å². The molecule has 0 fully saturated rings. The van der Waals surface area contributed by atoms with Crippen molar-refractivity contribution in [3.8, 4) is 11.5 Å². The summed E-state index contributed by atoms with van der Waals surface area (Å²) in [6.07, 6.45) is 0. The third-order valence-corrected chi connectivity index (χ3v) is 3.38. The van der Waals surface area contributed by atoms with Crippen molar-refractivity contribution in [1.29, 1.82) is 0 Å². The Morgan fingerprint density at radius 1 is 1.11 bits per heavy atom. The quantitative estimate of drug-likeness (QED) is 0.802. The third-order valence-electron chi connectivity index (χ3n) is 2.45. The molecule has 0 heterocycles. The van der Waals surface area contributed by atoms with Gasteiger partial charge in [0.1, 0.15) is 11.5 Å². The Kier molecular flexibility index (Phi) is 5.11. The minimum atomic E-state index is 0.551. The first-order valence-corrected chi connectivity index (χ1v) is 7.20. The number of nitrogens with one attached hydrogen (secondary N) is 1. The first-order chi connectivity index (χ1) is 9.08. The first-order valence-electron chi connectivity index (χ1n) is 5.65. The Hall–Kier alpha value is -0.740. The van der Waals surface area contributed by atoms with Crippen LogP contribution >= 0.6 is 39.1 Å². The van der Waals surface area contributed by atoms with Gasteiger partial charge in [-0.3, -0.25) is 0 Å². The van der Waals surface area contributed by atoms with E-state index in [2.05, 4.69) is 21.2 Å². The maximum atomic E-state index is 5.96. The number of rotatable bonds is 4. The molecule has 0 atom stereocenters. The number of halogens is 3. The van der Waals surface area contributed by atoms with E-state index in [1.165, 1.54) is 0 Å². The van der Waals surface area contributed by atoms with E-state index in [0.29, 0.717) is 22.3 Å². The molecule has 2 aromatic rings. The number of hydrogen-bond donors (Lipinski definition) is 1. The maximum absolute atomic E-state index is 5.96. The predicted molar refractivity (Wildman–Crippen MR) is 83.4 cm³/mol. The third kappa shape index (κ3) is 4.11. The highest BCUT2D eigenvalue weighted by atomic mass is 79.9. The molecule has 2 aromatic carbocycles. The van der Waals surface area contributed by atoms with Gasteiger partial charge in [-0.1, -0.05) is 39.1 Å². The van der Waals surface area contributed by atoms with Crippen molar-refractivity contribution in [3.63, 3.8) is 0 Å². The van der Waals surface area contributed by atoms with E-state index in [1.807, 2.05) is 25.2 Å². The molecule has 5 heteroatoms. The van der Waals surface area contributed by atoms with Crippen LogP contribution in [-0.2, 0) is 6.54 Å². The molecule has 0 spiro atoms. The summed E-state index contributed by atoms with van der Waals surface area (Å²) < 4.78 is 6.86. The van der Waals surface area contributed by atoms with Gasteiger partial charge < -0.3 is 10.1 Å². The number of benzene rings is 2. The van der Waals surface area contributed by atoms with Crippen LogP contribution in [0.2, 0.25) is 10.0 Å². The topological polar surface area (TPSA) is 21.3 Å². The fourth-order valence-corrected chi connectivity index (χ4v) is 2.61. The highest BCUT2D eigenvalue weighted by Gasteiger charge is 2.07. The van der Waals surface area contributed by atoms with E-state index in [1.54, 1.807) is 18.2 Å². The molecule has 0 bridgehead atoms. The van der Waals surface area contributed by atoms with Crippen LogP contribution in [0.4, 0.5) is 0 Å². The highest BCUT2D eigenvalue weighted by molar-refractivity contribution is 9.10. The molecule has 0 radical (unpaired) electrons.